The molecular formula is C13H18IN5. The lowest BCUT2D eigenvalue weighted by Gasteiger charge is -2.15. The molecule has 0 atom stereocenters. The van der Waals surface area contributed by atoms with E-state index in [-0.39, 0.29) is 24.0 Å². The highest BCUT2D eigenvalue weighted by Gasteiger charge is 2.04. The molecule has 0 fully saturated rings. The number of aromatic nitrogens is 2. The number of aromatic amines is 1. The minimum atomic E-state index is 0. The van der Waals surface area contributed by atoms with Crippen molar-refractivity contribution in [1.29, 1.82) is 0 Å². The molecule has 3 rings (SSSR count). The Morgan fingerprint density at radius 2 is 2.16 bits per heavy atom. The fraction of sp³-hybridized carbons (Fsp3) is 0.385. The summed E-state index contributed by atoms with van der Waals surface area (Å²) in [6, 6.07) is 8.09. The predicted octanol–water partition coefficient (Wildman–Crippen LogP) is 1.66. The van der Waals surface area contributed by atoms with Crippen molar-refractivity contribution in [3.05, 3.63) is 30.1 Å². The molecule has 5 nitrogen and oxygen atoms in total. The first kappa shape index (κ1) is 14.1. The summed E-state index contributed by atoms with van der Waals surface area (Å²) < 4.78 is 0. The van der Waals surface area contributed by atoms with Gasteiger partial charge in [-0.2, -0.15) is 0 Å². The third kappa shape index (κ3) is 3.59. The van der Waals surface area contributed by atoms with E-state index >= 15 is 0 Å². The van der Waals surface area contributed by atoms with Crippen LogP contribution in [-0.4, -0.2) is 35.6 Å². The van der Waals surface area contributed by atoms with E-state index in [4.69, 9.17) is 0 Å². The van der Waals surface area contributed by atoms with Crippen LogP contribution in [0.3, 0.4) is 0 Å². The zero-order chi connectivity index (χ0) is 12.2. The Hall–Kier alpha value is -1.31. The summed E-state index contributed by atoms with van der Waals surface area (Å²) in [5.41, 5.74) is 2.13. The number of imidazole rings is 1. The van der Waals surface area contributed by atoms with Gasteiger partial charge in [-0.25, -0.2) is 4.98 Å². The average Bonchev–Trinajstić information content (AvgIpc) is 2.82. The molecule has 1 aromatic heterocycles. The largest absolute Gasteiger partial charge is 0.356 e. The first-order valence-electron chi connectivity index (χ1n) is 6.38. The molecule has 2 aromatic rings. The summed E-state index contributed by atoms with van der Waals surface area (Å²) in [6.45, 7) is 2.77. The molecule has 0 saturated heterocycles. The van der Waals surface area contributed by atoms with Crippen molar-refractivity contribution in [3.8, 4) is 0 Å². The van der Waals surface area contributed by atoms with Gasteiger partial charge in [-0.1, -0.05) is 12.1 Å². The highest BCUT2D eigenvalue weighted by atomic mass is 127. The van der Waals surface area contributed by atoms with Crippen LogP contribution in [0.25, 0.3) is 11.0 Å². The van der Waals surface area contributed by atoms with Gasteiger partial charge in [0.1, 0.15) is 5.82 Å². The van der Waals surface area contributed by atoms with Crippen LogP contribution in [0.4, 0.5) is 0 Å². The van der Waals surface area contributed by atoms with Gasteiger partial charge in [0.05, 0.1) is 11.0 Å². The van der Waals surface area contributed by atoms with Crippen LogP contribution < -0.4 is 10.6 Å². The van der Waals surface area contributed by atoms with Crippen LogP contribution in [0.1, 0.15) is 12.2 Å². The van der Waals surface area contributed by atoms with Crippen LogP contribution in [0.2, 0.25) is 0 Å². The Morgan fingerprint density at radius 3 is 2.95 bits per heavy atom. The number of guanidine groups is 1. The first-order chi connectivity index (χ1) is 8.92. The molecule has 0 radical (unpaired) electrons. The van der Waals surface area contributed by atoms with Crippen LogP contribution in [0.15, 0.2) is 29.3 Å². The summed E-state index contributed by atoms with van der Waals surface area (Å²) in [4.78, 5) is 12.2. The first-order valence-corrected chi connectivity index (χ1v) is 6.38. The Morgan fingerprint density at radius 1 is 1.26 bits per heavy atom. The second kappa shape index (κ2) is 6.74. The van der Waals surface area contributed by atoms with Gasteiger partial charge in [0, 0.05) is 26.1 Å². The number of hydrogen-bond acceptors (Lipinski definition) is 4. The molecule has 102 valence electrons. The monoisotopic (exact) mass is 371 g/mol. The molecule has 1 aliphatic heterocycles. The topological polar surface area (TPSA) is 65.1 Å². The second-order valence-corrected chi connectivity index (χ2v) is 4.39. The normalized spacial score (nSPS) is 14.4. The number of H-pyrrole nitrogens is 1. The molecule has 1 aromatic carbocycles. The van der Waals surface area contributed by atoms with Crippen molar-refractivity contribution in [2.24, 2.45) is 4.99 Å². The van der Waals surface area contributed by atoms with Crippen LogP contribution in [0, 0.1) is 0 Å². The molecule has 1 aliphatic rings. The molecule has 0 amide bonds. The van der Waals surface area contributed by atoms with Crippen LogP contribution in [-0.2, 0) is 6.42 Å². The molecule has 3 N–H and O–H groups in total. The maximum atomic E-state index is 4.54. The number of nitrogens with zero attached hydrogens (tertiary/aromatic N) is 2. The van der Waals surface area contributed by atoms with Gasteiger partial charge in [0.2, 0.25) is 0 Å². The number of aliphatic imine (C=N–C) groups is 1. The average molecular weight is 371 g/mol. The van der Waals surface area contributed by atoms with Crippen molar-refractivity contribution in [2.45, 2.75) is 12.8 Å². The minimum absolute atomic E-state index is 0. The zero-order valence-electron chi connectivity index (χ0n) is 10.6. The molecule has 0 aliphatic carbocycles. The van der Waals surface area contributed by atoms with E-state index in [9.17, 15) is 0 Å². The quantitative estimate of drug-likeness (QED) is 0.720. The maximum Gasteiger partial charge on any atom is 0.191 e. The maximum absolute atomic E-state index is 4.54. The number of rotatable bonds is 3. The Bertz CT molecular complexity index is 530. The number of hydrogen-bond donors (Lipinski definition) is 3. The highest BCUT2D eigenvalue weighted by molar-refractivity contribution is 14.0. The third-order valence-corrected chi connectivity index (χ3v) is 2.99. The summed E-state index contributed by atoms with van der Waals surface area (Å²) in [5, 5.41) is 6.53. The van der Waals surface area contributed by atoms with Gasteiger partial charge in [0.25, 0.3) is 0 Å². The van der Waals surface area contributed by atoms with Gasteiger partial charge in [-0.05, 0) is 18.6 Å². The summed E-state index contributed by atoms with van der Waals surface area (Å²) >= 11 is 0. The van der Waals surface area contributed by atoms with Gasteiger partial charge < -0.3 is 15.6 Å². The number of benzene rings is 1. The molecule has 0 spiro atoms. The zero-order valence-corrected chi connectivity index (χ0v) is 13.0. The summed E-state index contributed by atoms with van der Waals surface area (Å²) in [5.74, 6) is 1.93. The number of nitrogens with one attached hydrogen (secondary N) is 3. The summed E-state index contributed by atoms with van der Waals surface area (Å²) in [7, 11) is 0. The van der Waals surface area contributed by atoms with E-state index in [0.29, 0.717) is 0 Å². The molecular weight excluding hydrogens is 353 g/mol. The lowest BCUT2D eigenvalue weighted by molar-refractivity contribution is 0.696. The van der Waals surface area contributed by atoms with Crippen molar-refractivity contribution in [2.75, 3.05) is 19.6 Å². The third-order valence-electron chi connectivity index (χ3n) is 2.99. The Balaban J connectivity index is 0.00000133. The molecule has 6 heteroatoms. The van der Waals surface area contributed by atoms with Crippen molar-refractivity contribution in [1.82, 2.24) is 20.6 Å². The van der Waals surface area contributed by atoms with E-state index in [1.807, 2.05) is 24.3 Å². The second-order valence-electron chi connectivity index (χ2n) is 4.39. The molecule has 0 unspecified atom stereocenters. The van der Waals surface area contributed by atoms with Crippen LogP contribution in [0.5, 0.6) is 0 Å². The SMILES string of the molecule is I.c1ccc2[nH]c(CCNC3=NCCCN3)nc2c1. The lowest BCUT2D eigenvalue weighted by Crippen LogP contribution is -2.41. The predicted molar refractivity (Wildman–Crippen MR) is 88.1 cm³/mol. The summed E-state index contributed by atoms with van der Waals surface area (Å²) in [6.07, 6.45) is 1.99. The van der Waals surface area contributed by atoms with E-state index in [2.05, 4.69) is 25.6 Å². The number of halogens is 1. The van der Waals surface area contributed by atoms with Gasteiger partial charge in [-0.15, -0.1) is 24.0 Å². The van der Waals surface area contributed by atoms with Crippen LogP contribution >= 0.6 is 24.0 Å². The molecule has 0 bridgehead atoms. The minimum Gasteiger partial charge on any atom is -0.356 e. The van der Waals surface area contributed by atoms with E-state index in [1.165, 1.54) is 0 Å². The van der Waals surface area contributed by atoms with Crippen molar-refractivity contribution in [3.63, 3.8) is 0 Å². The smallest absolute Gasteiger partial charge is 0.191 e. The highest BCUT2D eigenvalue weighted by Crippen LogP contribution is 2.10. The fourth-order valence-electron chi connectivity index (χ4n) is 2.07. The van der Waals surface area contributed by atoms with Gasteiger partial charge >= 0.3 is 0 Å². The van der Waals surface area contributed by atoms with Gasteiger partial charge in [0.15, 0.2) is 5.96 Å². The lowest BCUT2D eigenvalue weighted by atomic mass is 10.3. The fourth-order valence-corrected chi connectivity index (χ4v) is 2.07. The van der Waals surface area contributed by atoms with E-state index in [1.54, 1.807) is 0 Å². The molecule has 19 heavy (non-hydrogen) atoms. The molecule has 2 heterocycles. The van der Waals surface area contributed by atoms with Gasteiger partial charge in [-0.3, -0.25) is 4.99 Å². The number of para-hydroxylation sites is 2. The van der Waals surface area contributed by atoms with Crippen molar-refractivity contribution >= 4 is 41.0 Å². The van der Waals surface area contributed by atoms with E-state index < -0.39 is 0 Å². The molecule has 0 saturated carbocycles. The van der Waals surface area contributed by atoms with E-state index in [0.717, 1.165) is 55.3 Å². The Labute approximate surface area is 129 Å². The van der Waals surface area contributed by atoms with Crippen molar-refractivity contribution < 1.29 is 0 Å². The Kier molecular flexibility index (Phi) is 5.00. The number of fused-ring (bicyclic) bond motifs is 1. The standard InChI is InChI=1S/C13H17N5.HI/c1-2-5-11-10(4-1)17-12(18-11)6-9-16-13-14-7-3-8-15-13;/h1-2,4-5H,3,6-9H2,(H,17,18)(H2,14,15,16);1H.